The van der Waals surface area contributed by atoms with Gasteiger partial charge in [-0.3, -0.25) is 0 Å². The summed E-state index contributed by atoms with van der Waals surface area (Å²) in [6.07, 6.45) is 1.82. The van der Waals surface area contributed by atoms with Crippen LogP contribution in [-0.2, 0) is 0 Å². The Morgan fingerprint density at radius 2 is 2.38 bits per heavy atom. The molecule has 1 nitrogen and oxygen atoms in total. The van der Waals surface area contributed by atoms with E-state index in [0.717, 1.165) is 10.6 Å². The summed E-state index contributed by atoms with van der Waals surface area (Å²) in [4.78, 5) is 0.987. The van der Waals surface area contributed by atoms with E-state index < -0.39 is 0 Å². The third kappa shape index (κ3) is 2.80. The molecule has 0 N–H and O–H groups in total. The van der Waals surface area contributed by atoms with Gasteiger partial charge in [-0.15, -0.1) is 18.3 Å². The van der Waals surface area contributed by atoms with Crippen molar-refractivity contribution in [2.24, 2.45) is 0 Å². The topological polar surface area (TPSA) is 23.8 Å². The van der Waals surface area contributed by atoms with Crippen LogP contribution in [0.2, 0.25) is 5.02 Å². The van der Waals surface area contributed by atoms with E-state index in [1.807, 2.05) is 18.2 Å². The Bertz CT molecular complexity index is 354. The van der Waals surface area contributed by atoms with Crippen LogP contribution in [0.5, 0.6) is 0 Å². The molecular weight excluding hydrogens is 202 g/mol. The molecule has 0 aliphatic rings. The molecule has 0 fully saturated rings. The van der Waals surface area contributed by atoms with Gasteiger partial charge in [0.25, 0.3) is 0 Å². The second kappa shape index (κ2) is 4.96. The van der Waals surface area contributed by atoms with E-state index >= 15 is 0 Å². The highest BCUT2D eigenvalue weighted by atomic mass is 35.5. The number of nitriles is 1. The van der Waals surface area contributed by atoms with E-state index in [2.05, 4.69) is 6.58 Å². The number of benzene rings is 1. The van der Waals surface area contributed by atoms with Crippen molar-refractivity contribution in [3.8, 4) is 6.07 Å². The van der Waals surface area contributed by atoms with Gasteiger partial charge in [-0.2, -0.15) is 5.26 Å². The fraction of sp³-hybridized carbons (Fsp3) is 0.100. The molecule has 1 aromatic rings. The fourth-order valence-corrected chi connectivity index (χ4v) is 1.84. The minimum Gasteiger partial charge on any atom is -0.192 e. The first-order valence-electron chi connectivity index (χ1n) is 3.71. The highest BCUT2D eigenvalue weighted by Crippen LogP contribution is 2.27. The zero-order valence-electron chi connectivity index (χ0n) is 6.96. The van der Waals surface area contributed by atoms with Gasteiger partial charge < -0.3 is 0 Å². The Balaban J connectivity index is 2.86. The second-order valence-corrected chi connectivity index (χ2v) is 3.83. The minimum atomic E-state index is 0.591. The first-order chi connectivity index (χ1) is 6.27. The number of nitrogens with zero attached hydrogens (tertiary/aromatic N) is 1. The van der Waals surface area contributed by atoms with Crippen LogP contribution in [0.4, 0.5) is 0 Å². The van der Waals surface area contributed by atoms with Gasteiger partial charge in [0.2, 0.25) is 0 Å². The van der Waals surface area contributed by atoms with Gasteiger partial charge in [0.1, 0.15) is 0 Å². The summed E-state index contributed by atoms with van der Waals surface area (Å²) in [5.41, 5.74) is 0.591. The highest BCUT2D eigenvalue weighted by molar-refractivity contribution is 7.99. The van der Waals surface area contributed by atoms with Crippen molar-refractivity contribution in [1.82, 2.24) is 0 Å². The smallest absolute Gasteiger partial charge is 0.0992 e. The summed E-state index contributed by atoms with van der Waals surface area (Å²) in [6.45, 7) is 3.62. The molecule has 0 saturated heterocycles. The maximum absolute atomic E-state index is 8.60. The number of hydrogen-bond acceptors (Lipinski definition) is 2. The van der Waals surface area contributed by atoms with Crippen LogP contribution in [0, 0.1) is 11.3 Å². The predicted molar refractivity (Wildman–Crippen MR) is 57.1 cm³/mol. The SMILES string of the molecule is C=CCSc1ccc(C#N)cc1Cl. The van der Waals surface area contributed by atoms with Crippen molar-refractivity contribution in [1.29, 1.82) is 5.26 Å². The van der Waals surface area contributed by atoms with Gasteiger partial charge in [-0.1, -0.05) is 17.7 Å². The lowest BCUT2D eigenvalue weighted by Crippen LogP contribution is -1.79. The van der Waals surface area contributed by atoms with E-state index in [4.69, 9.17) is 16.9 Å². The lowest BCUT2D eigenvalue weighted by atomic mass is 10.2. The van der Waals surface area contributed by atoms with Gasteiger partial charge in [0.15, 0.2) is 0 Å². The van der Waals surface area contributed by atoms with E-state index in [1.165, 1.54) is 0 Å². The van der Waals surface area contributed by atoms with E-state index in [-0.39, 0.29) is 0 Å². The van der Waals surface area contributed by atoms with Crippen LogP contribution in [0.3, 0.4) is 0 Å². The predicted octanol–water partition coefficient (Wildman–Crippen LogP) is 3.49. The van der Waals surface area contributed by atoms with Gasteiger partial charge in [0.05, 0.1) is 16.7 Å². The van der Waals surface area contributed by atoms with Crippen molar-refractivity contribution in [2.75, 3.05) is 5.75 Å². The minimum absolute atomic E-state index is 0.591. The Labute approximate surface area is 87.0 Å². The number of thioether (sulfide) groups is 1. The first-order valence-corrected chi connectivity index (χ1v) is 5.07. The molecule has 0 amide bonds. The summed E-state index contributed by atoms with van der Waals surface area (Å²) >= 11 is 7.54. The quantitative estimate of drug-likeness (QED) is 0.562. The molecule has 0 spiro atoms. The number of halogens is 1. The zero-order chi connectivity index (χ0) is 9.68. The van der Waals surface area contributed by atoms with Gasteiger partial charge in [0, 0.05) is 10.6 Å². The van der Waals surface area contributed by atoms with Crippen LogP contribution in [-0.4, -0.2) is 5.75 Å². The van der Waals surface area contributed by atoms with Crippen molar-refractivity contribution >= 4 is 23.4 Å². The fourth-order valence-electron chi connectivity index (χ4n) is 0.836. The molecule has 0 saturated carbocycles. The maximum Gasteiger partial charge on any atom is 0.0992 e. The molecule has 0 aliphatic heterocycles. The third-order valence-corrected chi connectivity index (χ3v) is 2.91. The normalized spacial score (nSPS) is 9.23. The van der Waals surface area contributed by atoms with Gasteiger partial charge in [-0.05, 0) is 18.2 Å². The molecule has 0 aliphatic carbocycles. The molecule has 66 valence electrons. The van der Waals surface area contributed by atoms with Crippen molar-refractivity contribution < 1.29 is 0 Å². The van der Waals surface area contributed by atoms with Crippen molar-refractivity contribution in [2.45, 2.75) is 4.90 Å². The molecule has 1 aromatic carbocycles. The molecule has 0 heterocycles. The molecule has 0 radical (unpaired) electrons. The van der Waals surface area contributed by atoms with E-state index in [9.17, 15) is 0 Å². The van der Waals surface area contributed by atoms with Crippen molar-refractivity contribution in [3.63, 3.8) is 0 Å². The lowest BCUT2D eigenvalue weighted by molar-refractivity contribution is 1.41. The maximum atomic E-state index is 8.60. The van der Waals surface area contributed by atoms with Crippen LogP contribution in [0.1, 0.15) is 5.56 Å². The zero-order valence-corrected chi connectivity index (χ0v) is 8.53. The van der Waals surface area contributed by atoms with Crippen LogP contribution in [0.25, 0.3) is 0 Å². The summed E-state index contributed by atoms with van der Waals surface area (Å²) in [5.74, 6) is 0.825. The van der Waals surface area contributed by atoms with Crippen LogP contribution < -0.4 is 0 Å². The van der Waals surface area contributed by atoms with E-state index in [1.54, 1.807) is 23.9 Å². The molecule has 0 aromatic heterocycles. The number of rotatable bonds is 3. The van der Waals surface area contributed by atoms with Crippen LogP contribution in [0.15, 0.2) is 35.7 Å². The summed E-state index contributed by atoms with van der Waals surface area (Å²) < 4.78 is 0. The Morgan fingerprint density at radius 3 is 2.92 bits per heavy atom. The molecular formula is C10H8ClNS. The molecule has 1 rings (SSSR count). The first kappa shape index (κ1) is 10.2. The molecule has 0 unspecified atom stereocenters. The standard InChI is InChI=1S/C10H8ClNS/c1-2-5-13-10-4-3-8(7-12)6-9(10)11/h2-4,6H,1,5H2. The molecule has 3 heteroatoms. The summed E-state index contributed by atoms with van der Waals surface area (Å²) in [5, 5.41) is 9.23. The molecule has 0 bridgehead atoms. The number of hydrogen-bond donors (Lipinski definition) is 0. The van der Waals surface area contributed by atoms with E-state index in [0.29, 0.717) is 10.6 Å². The monoisotopic (exact) mass is 209 g/mol. The second-order valence-electron chi connectivity index (χ2n) is 2.36. The summed E-state index contributed by atoms with van der Waals surface area (Å²) in [7, 11) is 0. The Hall–Kier alpha value is -0.910. The Kier molecular flexibility index (Phi) is 3.88. The van der Waals surface area contributed by atoms with Crippen LogP contribution >= 0.6 is 23.4 Å². The van der Waals surface area contributed by atoms with Gasteiger partial charge >= 0.3 is 0 Å². The average Bonchev–Trinajstić information content (AvgIpc) is 2.16. The third-order valence-electron chi connectivity index (χ3n) is 1.42. The lowest BCUT2D eigenvalue weighted by Gasteiger charge is -2.01. The largest absolute Gasteiger partial charge is 0.192 e. The molecule has 13 heavy (non-hydrogen) atoms. The average molecular weight is 210 g/mol. The summed E-state index contributed by atoms with van der Waals surface area (Å²) in [6, 6.07) is 7.33. The molecule has 0 atom stereocenters. The van der Waals surface area contributed by atoms with Crippen molar-refractivity contribution in [3.05, 3.63) is 41.4 Å². The Morgan fingerprint density at radius 1 is 1.62 bits per heavy atom. The van der Waals surface area contributed by atoms with Gasteiger partial charge in [-0.25, -0.2) is 0 Å². The highest BCUT2D eigenvalue weighted by Gasteiger charge is 2.00.